The number of carbonyl (C=O) groups is 1. The van der Waals surface area contributed by atoms with Crippen LogP contribution in [0.4, 0.5) is 4.39 Å². The van der Waals surface area contributed by atoms with Crippen LogP contribution >= 0.6 is 0 Å². The fraction of sp³-hybridized carbons (Fsp3) is 0.250. The molecule has 1 aromatic carbocycles. The number of esters is 1. The van der Waals surface area contributed by atoms with Crippen LogP contribution in [0.2, 0.25) is 0 Å². The molecule has 0 saturated carbocycles. The third-order valence-electron chi connectivity index (χ3n) is 2.66. The van der Waals surface area contributed by atoms with Gasteiger partial charge in [-0.2, -0.15) is 0 Å². The van der Waals surface area contributed by atoms with E-state index in [1.54, 1.807) is 6.92 Å². The minimum Gasteiger partial charge on any atom is -0.496 e. The Morgan fingerprint density at radius 1 is 1.35 bits per heavy atom. The number of aromatic nitrogens is 1. The van der Waals surface area contributed by atoms with Crippen molar-refractivity contribution in [3.05, 3.63) is 29.2 Å². The Morgan fingerprint density at radius 3 is 2.65 bits per heavy atom. The summed E-state index contributed by atoms with van der Waals surface area (Å²) in [7, 11) is 2.75. The van der Waals surface area contributed by atoms with Gasteiger partial charge in [0, 0.05) is 5.69 Å². The van der Waals surface area contributed by atoms with Gasteiger partial charge >= 0.3 is 5.97 Å². The Kier molecular flexibility index (Phi) is 2.75. The molecule has 0 unspecified atom stereocenters. The maximum absolute atomic E-state index is 13.6. The zero-order valence-corrected chi connectivity index (χ0v) is 9.76. The summed E-state index contributed by atoms with van der Waals surface area (Å²) < 4.78 is 23.4. The minimum atomic E-state index is -0.516. The second-order valence-corrected chi connectivity index (χ2v) is 3.62. The second kappa shape index (κ2) is 4.08. The first kappa shape index (κ1) is 11.4. The summed E-state index contributed by atoms with van der Waals surface area (Å²) in [5.74, 6) is -0.511. The average molecular weight is 237 g/mol. The molecule has 0 fully saturated rings. The number of aryl methyl sites for hydroxylation is 1. The molecule has 0 spiro atoms. The van der Waals surface area contributed by atoms with E-state index in [0.717, 1.165) is 0 Å². The summed E-state index contributed by atoms with van der Waals surface area (Å²) in [5, 5.41) is 0.414. The minimum absolute atomic E-state index is 0.252. The van der Waals surface area contributed by atoms with Gasteiger partial charge in [0.2, 0.25) is 0 Å². The molecule has 90 valence electrons. The van der Waals surface area contributed by atoms with Crippen LogP contribution in [0.15, 0.2) is 12.1 Å². The highest BCUT2D eigenvalue weighted by Crippen LogP contribution is 2.32. The van der Waals surface area contributed by atoms with Crippen molar-refractivity contribution in [1.82, 2.24) is 4.98 Å². The largest absolute Gasteiger partial charge is 0.496 e. The van der Waals surface area contributed by atoms with Crippen LogP contribution in [0.3, 0.4) is 0 Å². The van der Waals surface area contributed by atoms with Crippen molar-refractivity contribution in [2.75, 3.05) is 14.2 Å². The van der Waals surface area contributed by atoms with Crippen molar-refractivity contribution in [3.8, 4) is 5.75 Å². The summed E-state index contributed by atoms with van der Waals surface area (Å²) >= 11 is 0. The maximum Gasteiger partial charge on any atom is 0.340 e. The van der Waals surface area contributed by atoms with Crippen molar-refractivity contribution in [3.63, 3.8) is 0 Å². The predicted octanol–water partition coefficient (Wildman–Crippen LogP) is 2.41. The van der Waals surface area contributed by atoms with Crippen molar-refractivity contribution < 1.29 is 18.7 Å². The Morgan fingerprint density at radius 2 is 2.06 bits per heavy atom. The lowest BCUT2D eigenvalue weighted by Crippen LogP contribution is -2.02. The lowest BCUT2D eigenvalue weighted by atomic mass is 10.1. The van der Waals surface area contributed by atoms with Gasteiger partial charge in [-0.1, -0.05) is 0 Å². The summed E-state index contributed by atoms with van der Waals surface area (Å²) in [6.07, 6.45) is 0. The van der Waals surface area contributed by atoms with E-state index in [2.05, 4.69) is 9.72 Å². The Bertz CT molecular complexity index is 589. The number of carbonyl (C=O) groups excluding carboxylic acids is 1. The molecule has 1 heterocycles. The number of methoxy groups -OCH3 is 2. The lowest BCUT2D eigenvalue weighted by Gasteiger charge is -2.04. The molecule has 0 saturated heterocycles. The fourth-order valence-electron chi connectivity index (χ4n) is 1.89. The molecule has 4 nitrogen and oxygen atoms in total. The molecule has 0 aliphatic heterocycles. The maximum atomic E-state index is 13.6. The summed E-state index contributed by atoms with van der Waals surface area (Å²) in [4.78, 5) is 14.5. The van der Waals surface area contributed by atoms with Crippen LogP contribution in [0, 0.1) is 12.7 Å². The predicted molar refractivity (Wildman–Crippen MR) is 60.9 cm³/mol. The van der Waals surface area contributed by atoms with E-state index < -0.39 is 11.8 Å². The van der Waals surface area contributed by atoms with E-state index in [4.69, 9.17) is 4.74 Å². The number of hydrogen-bond acceptors (Lipinski definition) is 3. The van der Waals surface area contributed by atoms with Gasteiger partial charge in [0.05, 0.1) is 30.7 Å². The molecule has 0 radical (unpaired) electrons. The van der Waals surface area contributed by atoms with Crippen molar-refractivity contribution in [2.24, 2.45) is 0 Å². The molecule has 17 heavy (non-hydrogen) atoms. The molecule has 2 rings (SSSR count). The number of hydrogen-bond donors (Lipinski definition) is 1. The van der Waals surface area contributed by atoms with Gasteiger partial charge in [0.15, 0.2) is 0 Å². The summed E-state index contributed by atoms with van der Waals surface area (Å²) in [6, 6.07) is 2.77. The standard InChI is InChI=1S/C12H12FNO3/c1-6-9(12(15)17-3)10-8(16-2)5-4-7(13)11(10)14-6/h4-5,14H,1-3H3. The fourth-order valence-corrected chi connectivity index (χ4v) is 1.89. The topological polar surface area (TPSA) is 51.3 Å². The first-order valence-electron chi connectivity index (χ1n) is 5.03. The first-order valence-corrected chi connectivity index (χ1v) is 5.03. The number of aromatic amines is 1. The molecule has 1 N–H and O–H groups in total. The van der Waals surface area contributed by atoms with Gasteiger partial charge in [0.1, 0.15) is 11.6 Å². The molecule has 2 aromatic rings. The first-order chi connectivity index (χ1) is 8.10. The van der Waals surface area contributed by atoms with Gasteiger partial charge in [0.25, 0.3) is 0 Å². The monoisotopic (exact) mass is 237 g/mol. The number of H-pyrrole nitrogens is 1. The second-order valence-electron chi connectivity index (χ2n) is 3.62. The highest BCUT2D eigenvalue weighted by atomic mass is 19.1. The number of ether oxygens (including phenoxy) is 2. The zero-order valence-electron chi connectivity index (χ0n) is 9.76. The van der Waals surface area contributed by atoms with Gasteiger partial charge in [-0.3, -0.25) is 0 Å². The number of fused-ring (bicyclic) bond motifs is 1. The van der Waals surface area contributed by atoms with Gasteiger partial charge in [-0.05, 0) is 19.1 Å². The van der Waals surface area contributed by atoms with Crippen molar-refractivity contribution >= 4 is 16.9 Å². The van der Waals surface area contributed by atoms with Crippen LogP contribution < -0.4 is 4.74 Å². The summed E-state index contributed by atoms with van der Waals surface area (Å²) in [6.45, 7) is 1.69. The van der Waals surface area contributed by atoms with Crippen LogP contribution in [-0.4, -0.2) is 25.2 Å². The summed E-state index contributed by atoms with van der Waals surface area (Å²) in [5.41, 5.74) is 1.11. The van der Waals surface area contributed by atoms with E-state index in [1.165, 1.54) is 26.4 Å². The number of benzene rings is 1. The Balaban J connectivity index is 2.87. The van der Waals surface area contributed by atoms with Crippen LogP contribution in [0.5, 0.6) is 5.75 Å². The third-order valence-corrected chi connectivity index (χ3v) is 2.66. The smallest absolute Gasteiger partial charge is 0.340 e. The number of halogens is 1. The molecule has 5 heteroatoms. The SMILES string of the molecule is COC(=O)c1c(C)[nH]c2c(F)ccc(OC)c12. The third kappa shape index (κ3) is 1.63. The molecular formula is C12H12FNO3. The quantitative estimate of drug-likeness (QED) is 0.816. The Hall–Kier alpha value is -2.04. The highest BCUT2D eigenvalue weighted by Gasteiger charge is 2.21. The van der Waals surface area contributed by atoms with E-state index in [1.807, 2.05) is 0 Å². The van der Waals surface area contributed by atoms with E-state index >= 15 is 0 Å². The Labute approximate surface area is 97.3 Å². The zero-order chi connectivity index (χ0) is 12.6. The van der Waals surface area contributed by atoms with Crippen LogP contribution in [0.25, 0.3) is 10.9 Å². The highest BCUT2D eigenvalue weighted by molar-refractivity contribution is 6.08. The van der Waals surface area contributed by atoms with E-state index in [9.17, 15) is 9.18 Å². The molecule has 0 bridgehead atoms. The van der Waals surface area contributed by atoms with Crippen molar-refractivity contribution in [2.45, 2.75) is 6.92 Å². The van der Waals surface area contributed by atoms with E-state index in [-0.39, 0.29) is 5.52 Å². The molecule has 0 aliphatic rings. The normalized spacial score (nSPS) is 10.6. The van der Waals surface area contributed by atoms with Gasteiger partial charge in [-0.15, -0.1) is 0 Å². The molecule has 0 aliphatic carbocycles. The van der Waals surface area contributed by atoms with Gasteiger partial charge < -0.3 is 14.5 Å². The molecule has 1 aromatic heterocycles. The molecular weight excluding hydrogens is 225 g/mol. The van der Waals surface area contributed by atoms with Crippen LogP contribution in [-0.2, 0) is 4.74 Å². The molecule has 0 atom stereocenters. The molecule has 0 amide bonds. The van der Waals surface area contributed by atoms with Gasteiger partial charge in [-0.25, -0.2) is 9.18 Å². The number of rotatable bonds is 2. The van der Waals surface area contributed by atoms with E-state index in [0.29, 0.717) is 22.4 Å². The van der Waals surface area contributed by atoms with Crippen LogP contribution in [0.1, 0.15) is 16.1 Å². The van der Waals surface area contributed by atoms with Crippen molar-refractivity contribution in [1.29, 1.82) is 0 Å². The number of nitrogens with one attached hydrogen (secondary N) is 1. The average Bonchev–Trinajstić information content (AvgIpc) is 2.67. The lowest BCUT2D eigenvalue weighted by molar-refractivity contribution is 0.0602.